The largest absolute Gasteiger partial charge is 0.228 e. The van der Waals surface area contributed by atoms with Crippen LogP contribution in [0.1, 0.15) is 22.8 Å². The van der Waals surface area contributed by atoms with Gasteiger partial charge >= 0.3 is 0 Å². The van der Waals surface area contributed by atoms with Gasteiger partial charge in [0.05, 0.1) is 16.8 Å². The van der Waals surface area contributed by atoms with Crippen LogP contribution in [0.4, 0.5) is 0 Å². The number of sulfone groups is 1. The molecular formula is C18H19Cl2NO4S2. The van der Waals surface area contributed by atoms with Gasteiger partial charge < -0.3 is 0 Å². The Morgan fingerprint density at radius 2 is 1.78 bits per heavy atom. The number of nitrogens with zero attached hydrogens (tertiary/aromatic N) is 1. The molecule has 0 aliphatic carbocycles. The second kappa shape index (κ2) is 8.09. The van der Waals surface area contributed by atoms with E-state index in [-0.39, 0.29) is 31.0 Å². The van der Waals surface area contributed by atoms with Gasteiger partial charge in [0, 0.05) is 23.1 Å². The molecule has 9 heteroatoms. The smallest absolute Gasteiger partial charge is 0.218 e. The van der Waals surface area contributed by atoms with Crippen LogP contribution in [0, 0.1) is 0 Å². The SMILES string of the molecule is O=S1(=O)CCN(S(=O)(=O)Cc2cccc(Cl)c2)CCC1c1ccccc1Cl. The lowest BCUT2D eigenvalue weighted by atomic mass is 10.1. The van der Waals surface area contributed by atoms with Crippen LogP contribution in [0.5, 0.6) is 0 Å². The molecule has 1 fully saturated rings. The highest BCUT2D eigenvalue weighted by molar-refractivity contribution is 7.92. The van der Waals surface area contributed by atoms with E-state index in [0.717, 1.165) is 0 Å². The Bertz CT molecular complexity index is 1040. The summed E-state index contributed by atoms with van der Waals surface area (Å²) in [4.78, 5) is 0. The highest BCUT2D eigenvalue weighted by Gasteiger charge is 2.35. The average Bonchev–Trinajstić information content (AvgIpc) is 2.74. The second-order valence-corrected chi connectivity index (χ2v) is 11.6. The third-order valence-electron chi connectivity index (χ3n) is 4.58. The van der Waals surface area contributed by atoms with Crippen molar-refractivity contribution in [2.75, 3.05) is 18.8 Å². The van der Waals surface area contributed by atoms with Gasteiger partial charge in [-0.25, -0.2) is 21.1 Å². The molecule has 0 N–H and O–H groups in total. The maximum absolute atomic E-state index is 12.8. The summed E-state index contributed by atoms with van der Waals surface area (Å²) in [5.41, 5.74) is 1.09. The first-order valence-electron chi connectivity index (χ1n) is 8.37. The summed E-state index contributed by atoms with van der Waals surface area (Å²) in [7, 11) is -7.19. The lowest BCUT2D eigenvalue weighted by molar-refractivity contribution is 0.427. The first kappa shape index (κ1) is 20.6. The van der Waals surface area contributed by atoms with E-state index >= 15 is 0 Å². The number of hydrogen-bond donors (Lipinski definition) is 0. The fraction of sp³-hybridized carbons (Fsp3) is 0.333. The van der Waals surface area contributed by atoms with Crippen molar-refractivity contribution in [3.8, 4) is 0 Å². The minimum Gasteiger partial charge on any atom is -0.228 e. The minimum absolute atomic E-state index is 0.0633. The van der Waals surface area contributed by atoms with Gasteiger partial charge in [-0.15, -0.1) is 0 Å². The van der Waals surface area contributed by atoms with E-state index in [1.54, 1.807) is 48.5 Å². The molecule has 0 aromatic heterocycles. The highest BCUT2D eigenvalue weighted by Crippen LogP contribution is 2.34. The molecule has 1 saturated heterocycles. The fourth-order valence-electron chi connectivity index (χ4n) is 3.22. The van der Waals surface area contributed by atoms with E-state index in [9.17, 15) is 16.8 Å². The third-order valence-corrected chi connectivity index (χ3v) is 9.12. The summed E-state index contributed by atoms with van der Waals surface area (Å²) in [5, 5.41) is 0.0267. The number of halogens is 2. The minimum atomic E-state index is -3.67. The van der Waals surface area contributed by atoms with Crippen molar-refractivity contribution in [3.63, 3.8) is 0 Å². The first-order valence-corrected chi connectivity index (χ1v) is 12.5. The Labute approximate surface area is 169 Å². The van der Waals surface area contributed by atoms with Crippen LogP contribution in [0.15, 0.2) is 48.5 Å². The van der Waals surface area contributed by atoms with Gasteiger partial charge in [-0.05, 0) is 35.7 Å². The van der Waals surface area contributed by atoms with Crippen molar-refractivity contribution in [2.45, 2.75) is 17.4 Å². The van der Waals surface area contributed by atoms with Gasteiger partial charge in [0.25, 0.3) is 0 Å². The van der Waals surface area contributed by atoms with Crippen molar-refractivity contribution in [1.29, 1.82) is 0 Å². The molecule has 5 nitrogen and oxygen atoms in total. The zero-order chi connectivity index (χ0) is 19.7. The number of hydrogen-bond acceptors (Lipinski definition) is 4. The molecular weight excluding hydrogens is 429 g/mol. The molecule has 2 aromatic rings. The number of sulfonamides is 1. The Hall–Kier alpha value is -1.12. The van der Waals surface area contributed by atoms with E-state index < -0.39 is 25.1 Å². The van der Waals surface area contributed by atoms with E-state index in [2.05, 4.69) is 0 Å². The summed E-state index contributed by atoms with van der Waals surface area (Å²) < 4.78 is 52.3. The maximum atomic E-state index is 12.8. The average molecular weight is 448 g/mol. The van der Waals surface area contributed by atoms with Gasteiger partial charge in [-0.3, -0.25) is 0 Å². The molecule has 0 amide bonds. The molecule has 1 heterocycles. The van der Waals surface area contributed by atoms with Crippen LogP contribution >= 0.6 is 23.2 Å². The molecule has 146 valence electrons. The van der Waals surface area contributed by atoms with Gasteiger partial charge in [0.2, 0.25) is 10.0 Å². The molecule has 2 aromatic carbocycles. The molecule has 0 saturated carbocycles. The molecule has 27 heavy (non-hydrogen) atoms. The van der Waals surface area contributed by atoms with E-state index in [4.69, 9.17) is 23.2 Å². The molecule has 3 rings (SSSR count). The van der Waals surface area contributed by atoms with E-state index in [1.165, 1.54) is 4.31 Å². The third kappa shape index (κ3) is 4.84. The zero-order valence-corrected chi connectivity index (χ0v) is 17.5. The van der Waals surface area contributed by atoms with Crippen molar-refractivity contribution in [3.05, 3.63) is 69.7 Å². The fourth-order valence-corrected chi connectivity index (χ4v) is 7.23. The molecule has 1 aliphatic rings. The van der Waals surface area contributed by atoms with Crippen LogP contribution < -0.4 is 0 Å². The van der Waals surface area contributed by atoms with Gasteiger partial charge in [0.1, 0.15) is 0 Å². The standard InChI is InChI=1S/C18H19Cl2NO4S2/c19-15-5-3-4-14(12-15)13-27(24,25)21-9-8-18(26(22,23)11-10-21)16-6-1-2-7-17(16)20/h1-7,12,18H,8-11,13H2. The summed E-state index contributed by atoms with van der Waals surface area (Å²) in [6.07, 6.45) is 0.168. The summed E-state index contributed by atoms with van der Waals surface area (Å²) >= 11 is 12.1. The van der Waals surface area contributed by atoms with E-state index in [0.29, 0.717) is 21.2 Å². The van der Waals surface area contributed by atoms with Crippen LogP contribution in [0.25, 0.3) is 0 Å². The maximum Gasteiger partial charge on any atom is 0.218 e. The van der Waals surface area contributed by atoms with E-state index in [1.807, 2.05) is 0 Å². The monoisotopic (exact) mass is 447 g/mol. The van der Waals surface area contributed by atoms with Crippen molar-refractivity contribution < 1.29 is 16.8 Å². The predicted octanol–water partition coefficient (Wildman–Crippen LogP) is 3.69. The highest BCUT2D eigenvalue weighted by atomic mass is 35.5. The normalized spacial score (nSPS) is 20.9. The van der Waals surface area contributed by atoms with Gasteiger partial charge in [0.15, 0.2) is 9.84 Å². The predicted molar refractivity (Wildman–Crippen MR) is 108 cm³/mol. The van der Waals surface area contributed by atoms with Crippen molar-refractivity contribution in [2.24, 2.45) is 0 Å². The summed E-state index contributed by atoms with van der Waals surface area (Å²) in [6, 6.07) is 13.4. The Morgan fingerprint density at radius 3 is 2.48 bits per heavy atom. The second-order valence-electron chi connectivity index (χ2n) is 6.45. The van der Waals surface area contributed by atoms with Crippen molar-refractivity contribution >= 4 is 43.1 Å². The topological polar surface area (TPSA) is 71.5 Å². The molecule has 1 atom stereocenters. The Balaban J connectivity index is 1.83. The van der Waals surface area contributed by atoms with Crippen molar-refractivity contribution in [1.82, 2.24) is 4.31 Å². The van der Waals surface area contributed by atoms with Crippen LogP contribution in [-0.4, -0.2) is 40.0 Å². The molecule has 1 aliphatic heterocycles. The van der Waals surface area contributed by atoms with Crippen LogP contribution in [0.3, 0.4) is 0 Å². The van der Waals surface area contributed by atoms with Gasteiger partial charge in [-0.2, -0.15) is 0 Å². The lowest BCUT2D eigenvalue weighted by Gasteiger charge is -2.20. The molecule has 0 radical (unpaired) electrons. The Morgan fingerprint density at radius 1 is 1.04 bits per heavy atom. The Kier molecular flexibility index (Phi) is 6.17. The first-order chi connectivity index (χ1) is 12.7. The number of benzene rings is 2. The van der Waals surface area contributed by atoms with Gasteiger partial charge in [-0.1, -0.05) is 53.5 Å². The summed E-state index contributed by atoms with van der Waals surface area (Å²) in [5.74, 6) is -0.456. The molecule has 0 bridgehead atoms. The molecule has 0 spiro atoms. The quantitative estimate of drug-likeness (QED) is 0.716. The van der Waals surface area contributed by atoms with Crippen LogP contribution in [0.2, 0.25) is 10.0 Å². The zero-order valence-electron chi connectivity index (χ0n) is 14.4. The molecule has 1 unspecified atom stereocenters. The summed E-state index contributed by atoms with van der Waals surface area (Å²) in [6.45, 7) is 0.0597. The lowest BCUT2D eigenvalue weighted by Crippen LogP contribution is -2.34. The number of rotatable bonds is 4. The van der Waals surface area contributed by atoms with Crippen LogP contribution in [-0.2, 0) is 25.6 Å².